The molecule has 2 aromatic rings. The summed E-state index contributed by atoms with van der Waals surface area (Å²) in [5.74, 6) is 1.04. The highest BCUT2D eigenvalue weighted by Gasteiger charge is 2.11. The third-order valence-electron chi connectivity index (χ3n) is 3.48. The maximum absolute atomic E-state index is 9.19. The fourth-order valence-corrected chi connectivity index (χ4v) is 2.46. The van der Waals surface area contributed by atoms with Gasteiger partial charge in [-0.1, -0.05) is 12.1 Å². The van der Waals surface area contributed by atoms with Crippen LogP contribution in [0.2, 0.25) is 0 Å². The van der Waals surface area contributed by atoms with Gasteiger partial charge in [0.1, 0.15) is 5.75 Å². The first-order valence-electron chi connectivity index (χ1n) is 6.36. The Hall–Kier alpha value is -1.74. The molecule has 94 valence electrons. The fourth-order valence-electron chi connectivity index (χ4n) is 2.46. The summed E-state index contributed by atoms with van der Waals surface area (Å²) in [6.45, 7) is 1.82. The predicted octanol–water partition coefficient (Wildman–Crippen LogP) is 2.16. The van der Waals surface area contributed by atoms with Crippen molar-refractivity contribution in [2.45, 2.75) is 26.0 Å². The lowest BCUT2D eigenvalue weighted by atomic mass is 10.1. The molecular weight excluding hydrogens is 226 g/mol. The first kappa shape index (κ1) is 11.4. The summed E-state index contributed by atoms with van der Waals surface area (Å²) >= 11 is 0. The van der Waals surface area contributed by atoms with E-state index in [4.69, 9.17) is 4.74 Å². The summed E-state index contributed by atoms with van der Waals surface area (Å²) in [4.78, 5) is 0. The number of rotatable bonds is 4. The molecule has 0 saturated carbocycles. The topological polar surface area (TPSA) is 34.4 Å². The van der Waals surface area contributed by atoms with Crippen molar-refractivity contribution in [2.24, 2.45) is 0 Å². The number of hydrogen-bond donors (Lipinski definition) is 1. The number of benzene rings is 1. The van der Waals surface area contributed by atoms with Gasteiger partial charge in [-0.2, -0.15) is 0 Å². The van der Waals surface area contributed by atoms with E-state index in [0.29, 0.717) is 0 Å². The van der Waals surface area contributed by atoms with Gasteiger partial charge in [0.2, 0.25) is 0 Å². The van der Waals surface area contributed by atoms with Crippen LogP contribution in [0.4, 0.5) is 0 Å². The summed E-state index contributed by atoms with van der Waals surface area (Å²) in [6, 6.07) is 10.4. The molecule has 3 nitrogen and oxygen atoms in total. The van der Waals surface area contributed by atoms with Crippen molar-refractivity contribution >= 4 is 0 Å². The molecule has 0 amide bonds. The van der Waals surface area contributed by atoms with Gasteiger partial charge in [-0.3, -0.25) is 0 Å². The van der Waals surface area contributed by atoms with Crippen LogP contribution in [0, 0.1) is 0 Å². The van der Waals surface area contributed by atoms with Gasteiger partial charge in [0.05, 0.1) is 13.2 Å². The summed E-state index contributed by atoms with van der Waals surface area (Å²) < 4.78 is 7.60. The molecular formula is C15H17NO2. The average Bonchev–Trinajstić information content (AvgIpc) is 3.04. The predicted molar refractivity (Wildman–Crippen MR) is 69.7 cm³/mol. The van der Waals surface area contributed by atoms with E-state index in [-0.39, 0.29) is 6.61 Å². The third kappa shape index (κ3) is 2.14. The van der Waals surface area contributed by atoms with Crippen LogP contribution in [0.15, 0.2) is 36.5 Å². The molecule has 1 aliphatic heterocycles. The summed E-state index contributed by atoms with van der Waals surface area (Å²) in [7, 11) is 0. The molecule has 0 saturated heterocycles. The molecule has 0 radical (unpaired) electrons. The number of hydrogen-bond acceptors (Lipinski definition) is 2. The second-order valence-electron chi connectivity index (χ2n) is 4.64. The van der Waals surface area contributed by atoms with Crippen LogP contribution in [0.1, 0.15) is 16.8 Å². The lowest BCUT2D eigenvalue weighted by Crippen LogP contribution is -2.04. The maximum Gasteiger partial charge on any atom is 0.122 e. The quantitative estimate of drug-likeness (QED) is 0.893. The molecule has 2 heterocycles. The van der Waals surface area contributed by atoms with Crippen molar-refractivity contribution in [3.8, 4) is 5.75 Å². The Labute approximate surface area is 107 Å². The highest BCUT2D eigenvalue weighted by atomic mass is 16.5. The van der Waals surface area contributed by atoms with Crippen molar-refractivity contribution in [1.29, 1.82) is 0 Å². The Morgan fingerprint density at radius 3 is 3.11 bits per heavy atom. The lowest BCUT2D eigenvalue weighted by molar-refractivity contribution is 0.270. The Bertz CT molecular complexity index is 545. The van der Waals surface area contributed by atoms with Crippen LogP contribution < -0.4 is 4.74 Å². The van der Waals surface area contributed by atoms with Crippen molar-refractivity contribution in [3.05, 3.63) is 53.3 Å². The molecule has 0 atom stereocenters. The number of aliphatic hydroxyl groups is 1. The molecule has 0 unspecified atom stereocenters. The van der Waals surface area contributed by atoms with Crippen molar-refractivity contribution in [1.82, 2.24) is 4.57 Å². The van der Waals surface area contributed by atoms with E-state index in [1.54, 1.807) is 0 Å². The number of aryl methyl sites for hydroxylation is 2. The van der Waals surface area contributed by atoms with Crippen molar-refractivity contribution in [3.63, 3.8) is 0 Å². The van der Waals surface area contributed by atoms with Gasteiger partial charge in [0.15, 0.2) is 0 Å². The normalized spacial score (nSPS) is 13.4. The van der Waals surface area contributed by atoms with Crippen molar-refractivity contribution in [2.75, 3.05) is 6.61 Å². The zero-order valence-corrected chi connectivity index (χ0v) is 10.3. The summed E-state index contributed by atoms with van der Waals surface area (Å²) in [5.41, 5.74) is 3.62. The van der Waals surface area contributed by atoms with E-state index in [9.17, 15) is 5.11 Å². The monoisotopic (exact) mass is 243 g/mol. The van der Waals surface area contributed by atoms with Crippen LogP contribution in [0.25, 0.3) is 0 Å². The third-order valence-corrected chi connectivity index (χ3v) is 3.48. The van der Waals surface area contributed by atoms with Gasteiger partial charge in [0, 0.05) is 24.9 Å². The minimum atomic E-state index is 0.102. The molecule has 1 aromatic heterocycles. The number of fused-ring (bicyclic) bond motifs is 1. The second kappa shape index (κ2) is 4.86. The number of aliphatic hydroxyl groups excluding tert-OH is 1. The molecule has 18 heavy (non-hydrogen) atoms. The molecule has 3 heteroatoms. The largest absolute Gasteiger partial charge is 0.493 e. The van der Waals surface area contributed by atoms with E-state index >= 15 is 0 Å². The average molecular weight is 243 g/mol. The number of nitrogens with zero attached hydrogens (tertiary/aromatic N) is 1. The molecule has 0 bridgehead atoms. The Morgan fingerprint density at radius 2 is 2.22 bits per heavy atom. The van der Waals surface area contributed by atoms with E-state index in [1.807, 2.05) is 18.3 Å². The molecule has 1 N–H and O–H groups in total. The van der Waals surface area contributed by atoms with Crippen LogP contribution >= 0.6 is 0 Å². The molecule has 1 aliphatic rings. The standard InChI is InChI=1S/C15H17NO2/c17-11-14-2-1-7-16(14)8-5-12-3-4-15-13(10-12)6-9-18-15/h1-4,7,10,17H,5-6,8-9,11H2. The Morgan fingerprint density at radius 1 is 1.28 bits per heavy atom. The minimum Gasteiger partial charge on any atom is -0.493 e. The fraction of sp³-hybridized carbons (Fsp3) is 0.333. The molecule has 0 spiro atoms. The van der Waals surface area contributed by atoms with E-state index in [1.165, 1.54) is 11.1 Å². The van der Waals surface area contributed by atoms with Gasteiger partial charge >= 0.3 is 0 Å². The Balaban J connectivity index is 1.70. The summed E-state index contributed by atoms with van der Waals surface area (Å²) in [6.07, 6.45) is 4.02. The molecule has 1 aromatic carbocycles. The van der Waals surface area contributed by atoms with Gasteiger partial charge in [0.25, 0.3) is 0 Å². The van der Waals surface area contributed by atoms with E-state index in [2.05, 4.69) is 22.8 Å². The Kier molecular flexibility index (Phi) is 3.07. The van der Waals surface area contributed by atoms with Crippen LogP contribution in [-0.4, -0.2) is 16.3 Å². The molecule has 0 aliphatic carbocycles. The lowest BCUT2D eigenvalue weighted by Gasteiger charge is -2.08. The van der Waals surface area contributed by atoms with Gasteiger partial charge in [-0.05, 0) is 35.7 Å². The zero-order valence-electron chi connectivity index (χ0n) is 10.3. The van der Waals surface area contributed by atoms with Crippen LogP contribution in [0.5, 0.6) is 5.75 Å². The van der Waals surface area contributed by atoms with Gasteiger partial charge in [-0.15, -0.1) is 0 Å². The zero-order chi connectivity index (χ0) is 12.4. The van der Waals surface area contributed by atoms with E-state index in [0.717, 1.165) is 37.4 Å². The highest BCUT2D eigenvalue weighted by Crippen LogP contribution is 2.26. The van der Waals surface area contributed by atoms with Gasteiger partial charge in [-0.25, -0.2) is 0 Å². The molecule has 0 fully saturated rings. The van der Waals surface area contributed by atoms with Crippen molar-refractivity contribution < 1.29 is 9.84 Å². The first-order chi connectivity index (χ1) is 8.86. The summed E-state index contributed by atoms with van der Waals surface area (Å²) in [5, 5.41) is 9.19. The number of aromatic nitrogens is 1. The number of ether oxygens (including phenoxy) is 1. The first-order valence-corrected chi connectivity index (χ1v) is 6.36. The van der Waals surface area contributed by atoms with E-state index < -0.39 is 0 Å². The van der Waals surface area contributed by atoms with Crippen LogP contribution in [0.3, 0.4) is 0 Å². The highest BCUT2D eigenvalue weighted by molar-refractivity contribution is 5.39. The molecule has 3 rings (SSSR count). The minimum absolute atomic E-state index is 0.102. The second-order valence-corrected chi connectivity index (χ2v) is 4.64. The SMILES string of the molecule is OCc1cccn1CCc1ccc2c(c1)CCO2. The smallest absolute Gasteiger partial charge is 0.122 e. The van der Waals surface area contributed by atoms with Crippen LogP contribution in [-0.2, 0) is 26.0 Å². The van der Waals surface area contributed by atoms with Gasteiger partial charge < -0.3 is 14.4 Å². The maximum atomic E-state index is 9.19.